The van der Waals surface area contributed by atoms with Crippen LogP contribution in [0.25, 0.3) is 11.4 Å². The highest BCUT2D eigenvalue weighted by molar-refractivity contribution is 7.99. The molecule has 1 aromatic carbocycles. The van der Waals surface area contributed by atoms with E-state index in [4.69, 9.17) is 5.73 Å². The van der Waals surface area contributed by atoms with Crippen LogP contribution in [0.3, 0.4) is 0 Å². The molecule has 0 unspecified atom stereocenters. The molecular formula is C20H15FN6S. The molecule has 0 saturated heterocycles. The van der Waals surface area contributed by atoms with Gasteiger partial charge in [-0.15, -0.1) is 0 Å². The predicted octanol–water partition coefficient (Wildman–Crippen LogP) is 4.55. The van der Waals surface area contributed by atoms with E-state index in [9.17, 15) is 4.39 Å². The molecule has 3 aromatic heterocycles. The third-order valence-corrected chi connectivity index (χ3v) is 4.81. The Hall–Kier alpha value is -3.52. The number of benzene rings is 1. The van der Waals surface area contributed by atoms with Gasteiger partial charge < -0.3 is 11.1 Å². The molecule has 8 heteroatoms. The molecule has 0 aliphatic carbocycles. The number of nitrogens with two attached hydrogens (primary N) is 1. The average Bonchev–Trinajstić information content (AvgIpc) is 2.71. The van der Waals surface area contributed by atoms with Crippen molar-refractivity contribution in [2.75, 3.05) is 11.1 Å². The van der Waals surface area contributed by atoms with E-state index < -0.39 is 0 Å². The fraction of sp³-hybridized carbons (Fsp3) is 0. The van der Waals surface area contributed by atoms with Gasteiger partial charge in [0.2, 0.25) is 5.95 Å². The first kappa shape index (κ1) is 17.9. The van der Waals surface area contributed by atoms with E-state index in [0.29, 0.717) is 27.8 Å². The van der Waals surface area contributed by atoms with Crippen molar-refractivity contribution in [2.24, 2.45) is 0 Å². The number of aromatic nitrogens is 4. The number of hydrogen-bond acceptors (Lipinski definition) is 7. The number of halogens is 1. The summed E-state index contributed by atoms with van der Waals surface area (Å²) in [5.74, 6) is 0.233. The standard InChI is InChI=1S/C20H15FN6S/c21-15-11-13(4-5-18(15)28-14-6-9-23-10-7-14)25-19-12-17(26-20(22)27-19)16-3-1-2-8-24-16/h1-12H,(H3,22,25,26,27). The molecule has 0 saturated carbocycles. The van der Waals surface area contributed by atoms with Gasteiger partial charge in [0.05, 0.1) is 11.4 Å². The van der Waals surface area contributed by atoms with Crippen LogP contribution in [0.4, 0.5) is 21.8 Å². The molecule has 0 aliphatic heterocycles. The molecule has 4 aromatic rings. The number of nitrogens with zero attached hydrogens (tertiary/aromatic N) is 4. The number of rotatable bonds is 5. The van der Waals surface area contributed by atoms with Crippen LogP contribution in [-0.4, -0.2) is 19.9 Å². The zero-order valence-corrected chi connectivity index (χ0v) is 15.4. The van der Waals surface area contributed by atoms with Crippen LogP contribution in [0.15, 0.2) is 83.0 Å². The first-order chi connectivity index (χ1) is 13.7. The minimum Gasteiger partial charge on any atom is -0.368 e. The van der Waals surface area contributed by atoms with E-state index in [1.54, 1.807) is 36.8 Å². The number of hydrogen-bond donors (Lipinski definition) is 2. The van der Waals surface area contributed by atoms with E-state index >= 15 is 0 Å². The highest BCUT2D eigenvalue weighted by Crippen LogP contribution is 2.31. The lowest BCUT2D eigenvalue weighted by atomic mass is 10.2. The van der Waals surface area contributed by atoms with Crippen LogP contribution < -0.4 is 11.1 Å². The second-order valence-electron chi connectivity index (χ2n) is 5.77. The van der Waals surface area contributed by atoms with Crippen LogP contribution in [0.5, 0.6) is 0 Å². The van der Waals surface area contributed by atoms with Gasteiger partial charge in [-0.05, 0) is 42.5 Å². The first-order valence-corrected chi connectivity index (χ1v) is 9.19. The topological polar surface area (TPSA) is 89.6 Å². The van der Waals surface area contributed by atoms with Crippen molar-refractivity contribution < 1.29 is 4.39 Å². The van der Waals surface area contributed by atoms with Crippen molar-refractivity contribution >= 4 is 29.2 Å². The third kappa shape index (κ3) is 4.24. The minimum atomic E-state index is -0.334. The molecule has 138 valence electrons. The fourth-order valence-electron chi connectivity index (χ4n) is 2.52. The Morgan fingerprint density at radius 3 is 2.50 bits per heavy atom. The zero-order valence-electron chi connectivity index (χ0n) is 14.6. The molecule has 0 bridgehead atoms. The Labute approximate surface area is 165 Å². The Morgan fingerprint density at radius 2 is 1.75 bits per heavy atom. The second-order valence-corrected chi connectivity index (χ2v) is 6.88. The third-order valence-electron chi connectivity index (χ3n) is 3.75. The van der Waals surface area contributed by atoms with Crippen LogP contribution in [-0.2, 0) is 0 Å². The Morgan fingerprint density at radius 1 is 0.893 bits per heavy atom. The largest absolute Gasteiger partial charge is 0.368 e. The average molecular weight is 390 g/mol. The summed E-state index contributed by atoms with van der Waals surface area (Å²) in [5.41, 5.74) is 7.63. The smallest absolute Gasteiger partial charge is 0.222 e. The molecule has 28 heavy (non-hydrogen) atoms. The molecule has 4 rings (SSSR count). The lowest BCUT2D eigenvalue weighted by Crippen LogP contribution is -2.02. The van der Waals surface area contributed by atoms with Gasteiger partial charge in [0, 0.05) is 40.1 Å². The van der Waals surface area contributed by atoms with E-state index in [0.717, 1.165) is 4.90 Å². The summed E-state index contributed by atoms with van der Waals surface area (Å²) >= 11 is 1.33. The molecular weight excluding hydrogens is 375 g/mol. The second kappa shape index (κ2) is 8.01. The van der Waals surface area contributed by atoms with Crippen LogP contribution in [0, 0.1) is 5.82 Å². The highest BCUT2D eigenvalue weighted by Gasteiger charge is 2.09. The van der Waals surface area contributed by atoms with Gasteiger partial charge in [-0.25, -0.2) is 9.37 Å². The van der Waals surface area contributed by atoms with Crippen LogP contribution in [0.1, 0.15) is 0 Å². The van der Waals surface area contributed by atoms with Crippen LogP contribution >= 0.6 is 11.8 Å². The lowest BCUT2D eigenvalue weighted by Gasteiger charge is -2.10. The summed E-state index contributed by atoms with van der Waals surface area (Å²) in [6.45, 7) is 0. The van der Waals surface area contributed by atoms with E-state index in [1.165, 1.54) is 17.8 Å². The summed E-state index contributed by atoms with van der Waals surface area (Å²) in [4.78, 5) is 18.0. The maximum atomic E-state index is 14.5. The van der Waals surface area contributed by atoms with Crippen molar-refractivity contribution in [2.45, 2.75) is 9.79 Å². The molecule has 3 heterocycles. The zero-order chi connectivity index (χ0) is 19.3. The normalized spacial score (nSPS) is 10.6. The molecule has 0 atom stereocenters. The van der Waals surface area contributed by atoms with E-state index in [2.05, 4.69) is 25.3 Å². The minimum absolute atomic E-state index is 0.107. The summed E-state index contributed by atoms with van der Waals surface area (Å²) in [5, 5.41) is 3.07. The Kier molecular flexibility index (Phi) is 5.11. The predicted molar refractivity (Wildman–Crippen MR) is 108 cm³/mol. The summed E-state index contributed by atoms with van der Waals surface area (Å²) < 4.78 is 14.5. The lowest BCUT2D eigenvalue weighted by molar-refractivity contribution is 0.602. The van der Waals surface area contributed by atoms with Gasteiger partial charge in [0.15, 0.2) is 0 Å². The SMILES string of the molecule is Nc1nc(Nc2ccc(Sc3ccncc3)c(F)c2)cc(-c2ccccn2)n1. The molecule has 0 spiro atoms. The quantitative estimate of drug-likeness (QED) is 0.517. The van der Waals surface area contributed by atoms with Crippen molar-refractivity contribution in [3.05, 3.63) is 79.0 Å². The molecule has 0 fully saturated rings. The number of pyridine rings is 2. The fourth-order valence-corrected chi connectivity index (χ4v) is 3.32. The molecule has 3 N–H and O–H groups in total. The van der Waals surface area contributed by atoms with E-state index in [1.807, 2.05) is 30.3 Å². The Balaban J connectivity index is 1.56. The van der Waals surface area contributed by atoms with E-state index in [-0.39, 0.29) is 11.8 Å². The van der Waals surface area contributed by atoms with Crippen molar-refractivity contribution in [3.8, 4) is 11.4 Å². The van der Waals surface area contributed by atoms with Gasteiger partial charge in [-0.2, -0.15) is 4.98 Å². The Bertz CT molecular complexity index is 1090. The van der Waals surface area contributed by atoms with Gasteiger partial charge >= 0.3 is 0 Å². The van der Waals surface area contributed by atoms with Gasteiger partial charge in [0.1, 0.15) is 11.6 Å². The van der Waals surface area contributed by atoms with Gasteiger partial charge in [-0.1, -0.05) is 17.8 Å². The first-order valence-electron chi connectivity index (χ1n) is 8.38. The summed E-state index contributed by atoms with van der Waals surface area (Å²) in [6, 6.07) is 15.8. The number of nitrogen functional groups attached to an aromatic ring is 1. The van der Waals surface area contributed by atoms with Gasteiger partial charge in [0.25, 0.3) is 0 Å². The monoisotopic (exact) mass is 390 g/mol. The molecule has 0 aliphatic rings. The number of anilines is 3. The summed E-state index contributed by atoms with van der Waals surface area (Å²) in [6.07, 6.45) is 5.03. The maximum absolute atomic E-state index is 14.5. The highest BCUT2D eigenvalue weighted by atomic mass is 32.2. The van der Waals surface area contributed by atoms with Crippen molar-refractivity contribution in [1.29, 1.82) is 0 Å². The van der Waals surface area contributed by atoms with Crippen molar-refractivity contribution in [1.82, 2.24) is 19.9 Å². The molecule has 0 radical (unpaired) electrons. The maximum Gasteiger partial charge on any atom is 0.222 e. The van der Waals surface area contributed by atoms with Crippen molar-refractivity contribution in [3.63, 3.8) is 0 Å². The van der Waals surface area contributed by atoms with Gasteiger partial charge in [-0.3, -0.25) is 9.97 Å². The summed E-state index contributed by atoms with van der Waals surface area (Å²) in [7, 11) is 0. The molecule has 6 nitrogen and oxygen atoms in total. The number of nitrogens with one attached hydrogen (secondary N) is 1. The molecule has 0 amide bonds. The van der Waals surface area contributed by atoms with Crippen LogP contribution in [0.2, 0.25) is 0 Å².